The van der Waals surface area contributed by atoms with Crippen molar-refractivity contribution in [2.24, 2.45) is 0 Å². The maximum Gasteiger partial charge on any atom is 0.418 e. The lowest BCUT2D eigenvalue weighted by molar-refractivity contribution is -0.137. The number of aryl methyl sites for hydroxylation is 1. The van der Waals surface area contributed by atoms with Gasteiger partial charge in [-0.1, -0.05) is 12.1 Å². The van der Waals surface area contributed by atoms with Gasteiger partial charge in [0.15, 0.2) is 0 Å². The lowest BCUT2D eigenvalue weighted by Gasteiger charge is -2.13. The molecule has 18 heavy (non-hydrogen) atoms. The predicted molar refractivity (Wildman–Crippen MR) is 62.5 cm³/mol. The Kier molecular flexibility index (Phi) is 2.80. The number of nitrogens with zero attached hydrogens (tertiary/aromatic N) is 2. The molecule has 1 heterocycles. The van der Waals surface area contributed by atoms with Gasteiger partial charge < -0.3 is 5.73 Å². The van der Waals surface area contributed by atoms with E-state index in [0.29, 0.717) is 17.1 Å². The molecule has 1 aromatic carbocycles. The second kappa shape index (κ2) is 4.04. The summed E-state index contributed by atoms with van der Waals surface area (Å²) in [5.74, 6) is 0. The molecule has 0 aliphatic carbocycles. The lowest BCUT2D eigenvalue weighted by atomic mass is 10.1. The molecule has 0 amide bonds. The van der Waals surface area contributed by atoms with Crippen LogP contribution in [0.2, 0.25) is 0 Å². The lowest BCUT2D eigenvalue weighted by Crippen LogP contribution is -2.12. The summed E-state index contributed by atoms with van der Waals surface area (Å²) in [4.78, 5) is 0. The fourth-order valence-corrected chi connectivity index (χ4v) is 1.79. The van der Waals surface area contributed by atoms with Gasteiger partial charge in [-0.3, -0.25) is 0 Å². The van der Waals surface area contributed by atoms with Gasteiger partial charge in [0.2, 0.25) is 0 Å². The second-order valence-electron chi connectivity index (χ2n) is 4.01. The molecule has 3 nitrogen and oxygen atoms in total. The van der Waals surface area contributed by atoms with Crippen LogP contribution in [0.4, 0.5) is 18.9 Å². The number of aromatic nitrogens is 2. The van der Waals surface area contributed by atoms with Crippen LogP contribution in [-0.2, 0) is 6.18 Å². The zero-order chi connectivity index (χ0) is 13.5. The van der Waals surface area contributed by atoms with Crippen molar-refractivity contribution in [1.82, 2.24) is 9.78 Å². The Labute approximate surface area is 102 Å². The zero-order valence-electron chi connectivity index (χ0n) is 9.92. The Balaban J connectivity index is 2.68. The zero-order valence-corrected chi connectivity index (χ0v) is 9.92. The summed E-state index contributed by atoms with van der Waals surface area (Å²) < 4.78 is 39.9. The molecule has 0 unspecified atom stereocenters. The maximum absolute atomic E-state index is 12.9. The molecule has 0 fully saturated rings. The van der Waals surface area contributed by atoms with Gasteiger partial charge in [0.05, 0.1) is 28.3 Å². The van der Waals surface area contributed by atoms with E-state index in [1.165, 1.54) is 22.9 Å². The Morgan fingerprint density at radius 1 is 1.17 bits per heavy atom. The van der Waals surface area contributed by atoms with Crippen LogP contribution >= 0.6 is 0 Å². The summed E-state index contributed by atoms with van der Waals surface area (Å²) in [5.41, 5.74) is 6.43. The fourth-order valence-electron chi connectivity index (χ4n) is 1.79. The standard InChI is InChI=1S/C12H12F3N3/c1-7-11(16)8(2)18(17-7)10-6-4-3-5-9(10)12(13,14)15/h3-6H,16H2,1-2H3. The highest BCUT2D eigenvalue weighted by Crippen LogP contribution is 2.34. The van der Waals surface area contributed by atoms with Gasteiger partial charge in [-0.15, -0.1) is 0 Å². The van der Waals surface area contributed by atoms with Gasteiger partial charge in [-0.2, -0.15) is 18.3 Å². The third kappa shape index (κ3) is 1.94. The molecule has 0 saturated carbocycles. The molecule has 1 aromatic heterocycles. The van der Waals surface area contributed by atoms with Crippen LogP contribution in [0.5, 0.6) is 0 Å². The van der Waals surface area contributed by atoms with Crippen LogP contribution in [0.25, 0.3) is 5.69 Å². The summed E-state index contributed by atoms with van der Waals surface area (Å²) in [7, 11) is 0. The molecule has 0 spiro atoms. The van der Waals surface area contributed by atoms with Gasteiger partial charge in [0.1, 0.15) is 0 Å². The second-order valence-corrected chi connectivity index (χ2v) is 4.01. The van der Waals surface area contributed by atoms with Gasteiger partial charge in [0, 0.05) is 0 Å². The third-order valence-corrected chi connectivity index (χ3v) is 2.78. The van der Waals surface area contributed by atoms with E-state index < -0.39 is 11.7 Å². The minimum absolute atomic E-state index is 0.0118. The number of hydrogen-bond acceptors (Lipinski definition) is 2. The molecule has 2 rings (SSSR count). The van der Waals surface area contributed by atoms with Gasteiger partial charge in [-0.25, -0.2) is 4.68 Å². The van der Waals surface area contributed by atoms with Crippen molar-refractivity contribution in [2.75, 3.05) is 5.73 Å². The van der Waals surface area contributed by atoms with Gasteiger partial charge in [0.25, 0.3) is 0 Å². The number of anilines is 1. The first kappa shape index (κ1) is 12.5. The van der Waals surface area contributed by atoms with E-state index in [4.69, 9.17) is 5.73 Å². The first-order chi connectivity index (χ1) is 8.32. The number of benzene rings is 1. The van der Waals surface area contributed by atoms with Crippen LogP contribution in [-0.4, -0.2) is 9.78 Å². The SMILES string of the molecule is Cc1nn(-c2ccccc2C(F)(F)F)c(C)c1N. The van der Waals surface area contributed by atoms with Crippen LogP contribution in [0.3, 0.4) is 0 Å². The van der Waals surface area contributed by atoms with E-state index in [-0.39, 0.29) is 5.69 Å². The summed E-state index contributed by atoms with van der Waals surface area (Å²) >= 11 is 0. The largest absolute Gasteiger partial charge is 0.418 e. The van der Waals surface area contributed by atoms with E-state index in [2.05, 4.69) is 5.10 Å². The minimum Gasteiger partial charge on any atom is -0.396 e. The van der Waals surface area contributed by atoms with Crippen molar-refractivity contribution < 1.29 is 13.2 Å². The molecule has 96 valence electrons. The van der Waals surface area contributed by atoms with Crippen molar-refractivity contribution in [2.45, 2.75) is 20.0 Å². The topological polar surface area (TPSA) is 43.8 Å². The Morgan fingerprint density at radius 2 is 1.78 bits per heavy atom. The Bertz CT molecular complexity index is 585. The monoisotopic (exact) mass is 255 g/mol. The highest BCUT2D eigenvalue weighted by atomic mass is 19.4. The van der Waals surface area contributed by atoms with Crippen molar-refractivity contribution in [3.63, 3.8) is 0 Å². The van der Waals surface area contributed by atoms with E-state index >= 15 is 0 Å². The fraction of sp³-hybridized carbons (Fsp3) is 0.250. The average Bonchev–Trinajstić information content (AvgIpc) is 2.56. The number of alkyl halides is 3. The molecule has 0 radical (unpaired) electrons. The normalized spacial score (nSPS) is 11.8. The molecule has 2 N–H and O–H groups in total. The number of nitrogen functional groups attached to an aromatic ring is 1. The van der Waals surface area contributed by atoms with E-state index in [0.717, 1.165) is 6.07 Å². The van der Waals surface area contributed by atoms with Crippen molar-refractivity contribution >= 4 is 5.69 Å². The van der Waals surface area contributed by atoms with Crippen molar-refractivity contribution in [3.05, 3.63) is 41.2 Å². The summed E-state index contributed by atoms with van der Waals surface area (Å²) in [5, 5.41) is 4.05. The molecule has 0 aliphatic heterocycles. The predicted octanol–water partition coefficient (Wildman–Crippen LogP) is 3.09. The smallest absolute Gasteiger partial charge is 0.396 e. The first-order valence-electron chi connectivity index (χ1n) is 5.30. The average molecular weight is 255 g/mol. The molecule has 0 bridgehead atoms. The molecule has 0 saturated heterocycles. The van der Waals surface area contributed by atoms with E-state index in [9.17, 15) is 13.2 Å². The quantitative estimate of drug-likeness (QED) is 0.851. The third-order valence-electron chi connectivity index (χ3n) is 2.78. The number of rotatable bonds is 1. The summed E-state index contributed by atoms with van der Waals surface area (Å²) in [6.45, 7) is 3.30. The molecule has 0 aliphatic rings. The van der Waals surface area contributed by atoms with Gasteiger partial charge in [-0.05, 0) is 26.0 Å². The van der Waals surface area contributed by atoms with Crippen LogP contribution in [0, 0.1) is 13.8 Å². The van der Waals surface area contributed by atoms with Crippen LogP contribution < -0.4 is 5.73 Å². The Morgan fingerprint density at radius 3 is 2.28 bits per heavy atom. The van der Waals surface area contributed by atoms with Crippen molar-refractivity contribution in [3.8, 4) is 5.69 Å². The number of hydrogen-bond donors (Lipinski definition) is 1. The van der Waals surface area contributed by atoms with Crippen LogP contribution in [0.1, 0.15) is 17.0 Å². The molecular weight excluding hydrogens is 243 g/mol. The highest BCUT2D eigenvalue weighted by Gasteiger charge is 2.34. The van der Waals surface area contributed by atoms with Gasteiger partial charge >= 0.3 is 6.18 Å². The molecule has 0 atom stereocenters. The van der Waals surface area contributed by atoms with Crippen LogP contribution in [0.15, 0.2) is 24.3 Å². The minimum atomic E-state index is -4.42. The van der Waals surface area contributed by atoms with E-state index in [1.807, 2.05) is 0 Å². The van der Waals surface area contributed by atoms with E-state index in [1.54, 1.807) is 13.8 Å². The molecular formula is C12H12F3N3. The highest BCUT2D eigenvalue weighted by molar-refractivity contribution is 5.52. The molecule has 6 heteroatoms. The Hall–Kier alpha value is -1.98. The number of halogens is 3. The summed E-state index contributed by atoms with van der Waals surface area (Å²) in [6, 6.07) is 5.29. The number of para-hydroxylation sites is 1. The summed E-state index contributed by atoms with van der Waals surface area (Å²) in [6.07, 6.45) is -4.42. The molecule has 2 aromatic rings. The maximum atomic E-state index is 12.9. The number of nitrogens with two attached hydrogens (primary N) is 1. The first-order valence-corrected chi connectivity index (χ1v) is 5.30. The van der Waals surface area contributed by atoms with Crippen molar-refractivity contribution in [1.29, 1.82) is 0 Å².